The van der Waals surface area contributed by atoms with Crippen molar-refractivity contribution in [1.82, 2.24) is 0 Å². The molecular formula is C25H22O5. The largest absolute Gasteiger partial charge is 0.488 e. The van der Waals surface area contributed by atoms with Gasteiger partial charge in [-0.2, -0.15) is 0 Å². The van der Waals surface area contributed by atoms with Crippen LogP contribution in [0.15, 0.2) is 51.7 Å². The van der Waals surface area contributed by atoms with Gasteiger partial charge in [-0.1, -0.05) is 37.3 Å². The maximum absolute atomic E-state index is 13.4. The second-order valence-corrected chi connectivity index (χ2v) is 8.51. The molecule has 2 aliphatic heterocycles. The predicted octanol–water partition coefficient (Wildman–Crippen LogP) is 5.24. The number of benzene rings is 2. The summed E-state index contributed by atoms with van der Waals surface area (Å²) in [6.07, 6.45) is 3.46. The summed E-state index contributed by atoms with van der Waals surface area (Å²) in [7, 11) is 0. The third-order valence-corrected chi connectivity index (χ3v) is 5.90. The van der Waals surface area contributed by atoms with Gasteiger partial charge >= 0.3 is 5.63 Å². The van der Waals surface area contributed by atoms with Gasteiger partial charge in [-0.05, 0) is 38.5 Å². The molecule has 1 aromatic heterocycles. The predicted molar refractivity (Wildman–Crippen MR) is 115 cm³/mol. The highest BCUT2D eigenvalue weighted by Crippen LogP contribution is 2.50. The number of hydrogen-bond donors (Lipinski definition) is 0. The van der Waals surface area contributed by atoms with Gasteiger partial charge < -0.3 is 13.9 Å². The molecule has 0 aliphatic carbocycles. The number of rotatable bonds is 1. The molecule has 5 rings (SSSR count). The average Bonchev–Trinajstić information content (AvgIpc) is 2.71. The Morgan fingerprint density at radius 1 is 1.00 bits per heavy atom. The lowest BCUT2D eigenvalue weighted by Crippen LogP contribution is -2.36. The van der Waals surface area contributed by atoms with E-state index in [1.807, 2.05) is 70.2 Å². The summed E-state index contributed by atoms with van der Waals surface area (Å²) in [6.45, 7) is 7.57. The van der Waals surface area contributed by atoms with E-state index in [1.54, 1.807) is 0 Å². The fourth-order valence-electron chi connectivity index (χ4n) is 4.13. The molecule has 3 aromatic rings. The summed E-state index contributed by atoms with van der Waals surface area (Å²) in [4.78, 5) is 25.9. The van der Waals surface area contributed by atoms with E-state index < -0.39 is 11.2 Å². The van der Waals surface area contributed by atoms with E-state index in [2.05, 4.69) is 0 Å². The van der Waals surface area contributed by atoms with Crippen LogP contribution < -0.4 is 15.1 Å². The Kier molecular flexibility index (Phi) is 3.94. The molecule has 0 unspecified atom stereocenters. The summed E-state index contributed by atoms with van der Waals surface area (Å²) >= 11 is 0. The van der Waals surface area contributed by atoms with Crippen LogP contribution in [0.2, 0.25) is 0 Å². The molecule has 5 heteroatoms. The van der Waals surface area contributed by atoms with Gasteiger partial charge in [0.05, 0.1) is 16.9 Å². The molecule has 5 nitrogen and oxygen atoms in total. The van der Waals surface area contributed by atoms with Crippen molar-refractivity contribution in [2.24, 2.45) is 5.92 Å². The van der Waals surface area contributed by atoms with Crippen LogP contribution in [-0.4, -0.2) is 17.5 Å². The molecule has 0 saturated heterocycles. The number of carbonyl (C=O) groups excluding carboxylic acids is 1. The summed E-state index contributed by atoms with van der Waals surface area (Å²) in [6, 6.07) is 11.0. The Hall–Kier alpha value is -3.34. The maximum Gasteiger partial charge on any atom is 0.336 e. The van der Waals surface area contributed by atoms with Crippen molar-refractivity contribution in [3.05, 3.63) is 64.0 Å². The summed E-state index contributed by atoms with van der Waals surface area (Å²) in [5.41, 5.74) is 1.85. The minimum atomic E-state index is -0.599. The summed E-state index contributed by atoms with van der Waals surface area (Å²) < 4.78 is 18.2. The van der Waals surface area contributed by atoms with Crippen molar-refractivity contribution in [3.8, 4) is 22.6 Å². The van der Waals surface area contributed by atoms with Gasteiger partial charge in [-0.25, -0.2) is 4.79 Å². The van der Waals surface area contributed by atoms with E-state index in [1.165, 1.54) is 6.07 Å². The molecule has 152 valence electrons. The molecule has 2 aliphatic rings. The minimum Gasteiger partial charge on any atom is -0.488 e. The number of hydrogen-bond acceptors (Lipinski definition) is 5. The Bertz CT molecular complexity index is 1280. The normalized spacial score (nSPS) is 21.5. The van der Waals surface area contributed by atoms with E-state index in [0.717, 1.165) is 5.56 Å². The molecule has 0 fully saturated rings. The molecule has 3 heterocycles. The third-order valence-electron chi connectivity index (χ3n) is 5.90. The first-order valence-electron chi connectivity index (χ1n) is 10.1. The molecule has 0 saturated carbocycles. The highest BCUT2D eigenvalue weighted by molar-refractivity contribution is 6.14. The van der Waals surface area contributed by atoms with Crippen LogP contribution in [0, 0.1) is 5.92 Å². The van der Waals surface area contributed by atoms with Crippen LogP contribution in [0.5, 0.6) is 11.5 Å². The molecule has 30 heavy (non-hydrogen) atoms. The Morgan fingerprint density at radius 3 is 2.47 bits per heavy atom. The summed E-state index contributed by atoms with van der Waals surface area (Å²) in [5.74, 6) is 0.501. The SMILES string of the molecule is C[C@@H]1C(=O)c2c3c(c4oc(=O)cc(-c5ccccc5)c4c2O[C@@H]1C)C=CC(C)(C)O3. The zero-order valence-corrected chi connectivity index (χ0v) is 17.3. The van der Waals surface area contributed by atoms with E-state index in [-0.39, 0.29) is 17.8 Å². The van der Waals surface area contributed by atoms with Gasteiger partial charge in [0, 0.05) is 11.6 Å². The van der Waals surface area contributed by atoms with Gasteiger partial charge in [-0.3, -0.25) is 4.79 Å². The van der Waals surface area contributed by atoms with Crippen LogP contribution in [0.4, 0.5) is 0 Å². The fraction of sp³-hybridized carbons (Fsp3) is 0.280. The number of carbonyl (C=O) groups is 1. The summed E-state index contributed by atoms with van der Waals surface area (Å²) in [5, 5.41) is 0.620. The number of ether oxygens (including phenoxy) is 2. The Morgan fingerprint density at radius 2 is 1.73 bits per heavy atom. The molecule has 2 aromatic carbocycles. The van der Waals surface area contributed by atoms with Gasteiger partial charge in [0.15, 0.2) is 11.4 Å². The van der Waals surface area contributed by atoms with Crippen LogP contribution in [0.1, 0.15) is 43.6 Å². The number of fused-ring (bicyclic) bond motifs is 6. The average molecular weight is 402 g/mol. The lowest BCUT2D eigenvalue weighted by atomic mass is 9.85. The number of Topliss-reactive ketones (excluding diaryl/α,β-unsaturated/α-hetero) is 1. The van der Waals surface area contributed by atoms with Crippen molar-refractivity contribution in [2.75, 3.05) is 0 Å². The zero-order valence-electron chi connectivity index (χ0n) is 17.3. The topological polar surface area (TPSA) is 65.7 Å². The van der Waals surface area contributed by atoms with E-state index in [9.17, 15) is 9.59 Å². The third kappa shape index (κ3) is 2.69. The number of ketones is 1. The first-order chi connectivity index (χ1) is 14.3. The standard InChI is InChI=1S/C25H22O5/c1-13-14(2)28-24-19-17(15-8-6-5-7-9-15)12-18(26)29-22(19)16-10-11-25(3,4)30-23(16)20(24)21(13)27/h5-14H,1-4H3/t13-,14+/m0/s1. The lowest BCUT2D eigenvalue weighted by Gasteiger charge is -2.35. The van der Waals surface area contributed by atoms with Crippen LogP contribution >= 0.6 is 0 Å². The molecular weight excluding hydrogens is 380 g/mol. The minimum absolute atomic E-state index is 0.0294. The molecule has 0 radical (unpaired) electrons. The van der Waals surface area contributed by atoms with Crippen molar-refractivity contribution in [1.29, 1.82) is 0 Å². The smallest absolute Gasteiger partial charge is 0.336 e. The van der Waals surface area contributed by atoms with Crippen molar-refractivity contribution in [3.63, 3.8) is 0 Å². The van der Waals surface area contributed by atoms with Gasteiger partial charge in [0.1, 0.15) is 28.8 Å². The van der Waals surface area contributed by atoms with Crippen LogP contribution in [-0.2, 0) is 0 Å². The monoisotopic (exact) mass is 402 g/mol. The maximum atomic E-state index is 13.4. The van der Waals surface area contributed by atoms with Gasteiger partial charge in [0.2, 0.25) is 0 Å². The van der Waals surface area contributed by atoms with E-state index >= 15 is 0 Å². The van der Waals surface area contributed by atoms with Crippen LogP contribution in [0.3, 0.4) is 0 Å². The zero-order chi connectivity index (χ0) is 21.2. The van der Waals surface area contributed by atoms with Crippen molar-refractivity contribution in [2.45, 2.75) is 39.4 Å². The second-order valence-electron chi connectivity index (χ2n) is 8.51. The lowest BCUT2D eigenvalue weighted by molar-refractivity contribution is 0.0715. The highest BCUT2D eigenvalue weighted by Gasteiger charge is 2.40. The quantitative estimate of drug-likeness (QED) is 0.521. The first-order valence-corrected chi connectivity index (χ1v) is 10.1. The Balaban J connectivity index is 1.98. The molecule has 0 spiro atoms. The van der Waals surface area contributed by atoms with E-state index in [0.29, 0.717) is 39.2 Å². The molecule has 0 amide bonds. The van der Waals surface area contributed by atoms with E-state index in [4.69, 9.17) is 13.9 Å². The van der Waals surface area contributed by atoms with Gasteiger partial charge in [0.25, 0.3) is 0 Å². The first kappa shape index (κ1) is 18.7. The Labute approximate surface area is 173 Å². The molecule has 0 N–H and O–H groups in total. The molecule has 2 atom stereocenters. The fourth-order valence-corrected chi connectivity index (χ4v) is 4.13. The van der Waals surface area contributed by atoms with Crippen LogP contribution in [0.25, 0.3) is 28.2 Å². The van der Waals surface area contributed by atoms with Gasteiger partial charge in [-0.15, -0.1) is 0 Å². The van der Waals surface area contributed by atoms with Crippen molar-refractivity contribution < 1.29 is 18.7 Å². The highest BCUT2D eigenvalue weighted by atomic mass is 16.5. The van der Waals surface area contributed by atoms with Crippen molar-refractivity contribution >= 4 is 22.8 Å². The molecule has 0 bridgehead atoms. The second kappa shape index (κ2) is 6.33.